The van der Waals surface area contributed by atoms with E-state index in [4.69, 9.17) is 16.7 Å². The average Bonchev–Trinajstić information content (AvgIpc) is 2.38. The summed E-state index contributed by atoms with van der Waals surface area (Å²) in [4.78, 5) is 28.4. The maximum atomic E-state index is 12.2. The summed E-state index contributed by atoms with van der Waals surface area (Å²) < 4.78 is 0. The predicted octanol–water partition coefficient (Wildman–Crippen LogP) is 0.234. The molecule has 0 bridgehead atoms. The summed E-state index contributed by atoms with van der Waals surface area (Å²) in [6.07, 6.45) is 1.50. The molecule has 1 atom stereocenters. The minimum atomic E-state index is -0.968. The third-order valence-electron chi connectivity index (χ3n) is 2.75. The number of hydrogen-bond acceptors (Lipinski definition) is 4. The first-order valence-corrected chi connectivity index (χ1v) is 5.83. The van der Waals surface area contributed by atoms with Gasteiger partial charge in [0.15, 0.2) is 0 Å². The molecule has 1 aromatic heterocycles. The molecule has 2 rings (SSSR count). The van der Waals surface area contributed by atoms with Crippen LogP contribution in [0.25, 0.3) is 0 Å². The van der Waals surface area contributed by atoms with Crippen molar-refractivity contribution in [3.63, 3.8) is 0 Å². The lowest BCUT2D eigenvalue weighted by molar-refractivity contribution is -0.140. The number of amides is 1. The van der Waals surface area contributed by atoms with Crippen molar-refractivity contribution >= 4 is 23.5 Å². The Kier molecular flexibility index (Phi) is 3.78. The lowest BCUT2D eigenvalue weighted by atomic mass is 10.1. The van der Waals surface area contributed by atoms with E-state index in [1.54, 1.807) is 12.1 Å². The first-order valence-electron chi connectivity index (χ1n) is 5.45. The Hall–Kier alpha value is -1.66. The Bertz CT molecular complexity index is 480. The van der Waals surface area contributed by atoms with Gasteiger partial charge in [-0.2, -0.15) is 0 Å². The van der Waals surface area contributed by atoms with Crippen LogP contribution in [0.2, 0.25) is 5.15 Å². The molecule has 1 aliphatic rings. The predicted molar refractivity (Wildman–Crippen MR) is 64.6 cm³/mol. The molecule has 0 saturated carbocycles. The van der Waals surface area contributed by atoms with E-state index >= 15 is 0 Å². The molecule has 18 heavy (non-hydrogen) atoms. The number of carboxylic acids is 1. The van der Waals surface area contributed by atoms with E-state index in [1.165, 1.54) is 11.1 Å². The van der Waals surface area contributed by atoms with Crippen LogP contribution in [0.4, 0.5) is 0 Å². The van der Waals surface area contributed by atoms with Gasteiger partial charge in [-0.1, -0.05) is 11.6 Å². The van der Waals surface area contributed by atoms with E-state index in [0.717, 1.165) is 0 Å². The molecule has 0 aromatic carbocycles. The number of pyridine rings is 1. The Morgan fingerprint density at radius 2 is 2.33 bits per heavy atom. The summed E-state index contributed by atoms with van der Waals surface area (Å²) in [5.74, 6) is -1.26. The fourth-order valence-corrected chi connectivity index (χ4v) is 2.02. The molecule has 0 unspecified atom stereocenters. The van der Waals surface area contributed by atoms with E-state index in [-0.39, 0.29) is 17.6 Å². The normalized spacial score (nSPS) is 19.6. The van der Waals surface area contributed by atoms with Crippen LogP contribution >= 0.6 is 11.6 Å². The molecule has 7 heteroatoms. The van der Waals surface area contributed by atoms with Gasteiger partial charge in [-0.05, 0) is 12.1 Å². The van der Waals surface area contributed by atoms with Crippen molar-refractivity contribution in [1.82, 2.24) is 15.2 Å². The number of halogens is 1. The van der Waals surface area contributed by atoms with Gasteiger partial charge in [-0.25, -0.2) is 4.98 Å². The van der Waals surface area contributed by atoms with Crippen LogP contribution in [0, 0.1) is 0 Å². The Labute approximate surface area is 109 Å². The molecule has 1 aromatic rings. The first kappa shape index (κ1) is 12.8. The highest BCUT2D eigenvalue weighted by atomic mass is 35.5. The smallest absolute Gasteiger partial charge is 0.322 e. The number of hydrogen-bond donors (Lipinski definition) is 2. The molecular formula is C11H12ClN3O3. The maximum absolute atomic E-state index is 12.2. The summed E-state index contributed by atoms with van der Waals surface area (Å²) in [5.41, 5.74) is 0.296. The summed E-state index contributed by atoms with van der Waals surface area (Å²) in [7, 11) is 0. The highest BCUT2D eigenvalue weighted by Crippen LogP contribution is 2.15. The first-order chi connectivity index (χ1) is 8.59. The Morgan fingerprint density at radius 3 is 3.00 bits per heavy atom. The average molecular weight is 270 g/mol. The van der Waals surface area contributed by atoms with Gasteiger partial charge < -0.3 is 15.3 Å². The summed E-state index contributed by atoms with van der Waals surface area (Å²) in [6.45, 7) is 1.02. The number of carbonyl (C=O) groups excluding carboxylic acids is 1. The van der Waals surface area contributed by atoms with E-state index in [1.807, 2.05) is 0 Å². The number of carbonyl (C=O) groups is 2. The van der Waals surface area contributed by atoms with Gasteiger partial charge >= 0.3 is 5.97 Å². The van der Waals surface area contributed by atoms with Crippen LogP contribution < -0.4 is 5.32 Å². The molecule has 96 valence electrons. The highest BCUT2D eigenvalue weighted by Gasteiger charge is 2.29. The van der Waals surface area contributed by atoms with E-state index in [0.29, 0.717) is 18.7 Å². The second kappa shape index (κ2) is 5.32. The molecule has 1 amide bonds. The number of nitrogens with zero attached hydrogens (tertiary/aromatic N) is 2. The van der Waals surface area contributed by atoms with Crippen LogP contribution in [-0.4, -0.2) is 52.5 Å². The van der Waals surface area contributed by atoms with Crippen molar-refractivity contribution in [3.05, 3.63) is 29.0 Å². The van der Waals surface area contributed by atoms with Gasteiger partial charge in [0, 0.05) is 25.8 Å². The van der Waals surface area contributed by atoms with Crippen molar-refractivity contribution in [2.75, 3.05) is 19.6 Å². The van der Waals surface area contributed by atoms with Gasteiger partial charge in [-0.3, -0.25) is 9.59 Å². The fourth-order valence-electron chi connectivity index (χ4n) is 1.82. The molecule has 1 saturated heterocycles. The second-order valence-corrected chi connectivity index (χ2v) is 4.30. The van der Waals surface area contributed by atoms with Crippen molar-refractivity contribution < 1.29 is 14.7 Å². The van der Waals surface area contributed by atoms with Crippen molar-refractivity contribution in [2.45, 2.75) is 6.04 Å². The Morgan fingerprint density at radius 1 is 1.56 bits per heavy atom. The van der Waals surface area contributed by atoms with Crippen molar-refractivity contribution in [3.8, 4) is 0 Å². The molecule has 0 radical (unpaired) electrons. The van der Waals surface area contributed by atoms with E-state index in [9.17, 15) is 9.59 Å². The number of carboxylic acid groups (broad SMARTS) is 1. The minimum absolute atomic E-state index is 0.124. The van der Waals surface area contributed by atoms with Crippen LogP contribution in [-0.2, 0) is 4.79 Å². The van der Waals surface area contributed by atoms with Gasteiger partial charge in [-0.15, -0.1) is 0 Å². The molecule has 0 aliphatic carbocycles. The SMILES string of the molecule is O=C(O)[C@H]1CN(C(=O)c2cccnc2Cl)CCN1. The van der Waals surface area contributed by atoms with Gasteiger partial charge in [0.25, 0.3) is 5.91 Å². The number of rotatable bonds is 2. The zero-order chi connectivity index (χ0) is 13.1. The van der Waals surface area contributed by atoms with Crippen LogP contribution in [0.5, 0.6) is 0 Å². The number of aliphatic carboxylic acids is 1. The quantitative estimate of drug-likeness (QED) is 0.751. The summed E-state index contributed by atoms with van der Waals surface area (Å²) in [6, 6.07) is 2.46. The van der Waals surface area contributed by atoms with Crippen LogP contribution in [0.15, 0.2) is 18.3 Å². The fraction of sp³-hybridized carbons (Fsp3) is 0.364. The summed E-state index contributed by atoms with van der Waals surface area (Å²) in [5, 5.41) is 11.9. The lowest BCUT2D eigenvalue weighted by Gasteiger charge is -2.31. The van der Waals surface area contributed by atoms with Gasteiger partial charge in [0.2, 0.25) is 0 Å². The Balaban J connectivity index is 2.14. The van der Waals surface area contributed by atoms with Gasteiger partial charge in [0.1, 0.15) is 11.2 Å². The number of aromatic nitrogens is 1. The topological polar surface area (TPSA) is 82.5 Å². The molecular weight excluding hydrogens is 258 g/mol. The van der Waals surface area contributed by atoms with E-state index < -0.39 is 12.0 Å². The number of piperazine rings is 1. The lowest BCUT2D eigenvalue weighted by Crippen LogP contribution is -2.55. The molecule has 2 heterocycles. The largest absolute Gasteiger partial charge is 0.480 e. The second-order valence-electron chi connectivity index (χ2n) is 3.94. The summed E-state index contributed by atoms with van der Waals surface area (Å²) >= 11 is 5.85. The van der Waals surface area contributed by atoms with Gasteiger partial charge in [0.05, 0.1) is 5.56 Å². The van der Waals surface area contributed by atoms with Crippen LogP contribution in [0.1, 0.15) is 10.4 Å². The standard InChI is InChI=1S/C11H12ClN3O3/c12-9-7(2-1-3-14-9)10(16)15-5-4-13-8(6-15)11(17)18/h1-3,8,13H,4-6H2,(H,17,18)/t8-/m1/s1. The maximum Gasteiger partial charge on any atom is 0.322 e. The molecule has 2 N–H and O–H groups in total. The highest BCUT2D eigenvalue weighted by molar-refractivity contribution is 6.32. The van der Waals surface area contributed by atoms with Crippen molar-refractivity contribution in [1.29, 1.82) is 0 Å². The molecule has 6 nitrogen and oxygen atoms in total. The molecule has 0 spiro atoms. The zero-order valence-electron chi connectivity index (χ0n) is 9.47. The number of nitrogens with one attached hydrogen (secondary N) is 1. The van der Waals surface area contributed by atoms with Crippen molar-refractivity contribution in [2.24, 2.45) is 0 Å². The molecule has 1 fully saturated rings. The zero-order valence-corrected chi connectivity index (χ0v) is 10.2. The monoisotopic (exact) mass is 269 g/mol. The van der Waals surface area contributed by atoms with Crippen LogP contribution in [0.3, 0.4) is 0 Å². The molecule has 1 aliphatic heterocycles. The van der Waals surface area contributed by atoms with E-state index in [2.05, 4.69) is 10.3 Å². The minimum Gasteiger partial charge on any atom is -0.480 e. The third kappa shape index (κ3) is 2.60. The third-order valence-corrected chi connectivity index (χ3v) is 3.05.